The molecule has 3 atom stereocenters. The molecule has 1 amide bonds. The summed E-state index contributed by atoms with van der Waals surface area (Å²) in [6.07, 6.45) is 4.42. The Labute approximate surface area is 131 Å². The van der Waals surface area contributed by atoms with Gasteiger partial charge < -0.3 is 15.2 Å². The third-order valence-electron chi connectivity index (χ3n) is 4.42. The zero-order chi connectivity index (χ0) is 16.0. The fraction of sp³-hybridized carbons (Fsp3) is 0.375. The molecule has 1 aromatic carbocycles. The van der Waals surface area contributed by atoms with E-state index in [0.29, 0.717) is 5.69 Å². The minimum atomic E-state index is -0.426. The van der Waals surface area contributed by atoms with Gasteiger partial charge in [-0.3, -0.25) is 4.79 Å². The van der Waals surface area contributed by atoms with Crippen LogP contribution in [0.5, 0.6) is 5.75 Å². The van der Waals surface area contributed by atoms with Crippen LogP contribution < -0.4 is 5.32 Å². The number of aromatic nitrogens is 2. The van der Waals surface area contributed by atoms with Crippen molar-refractivity contribution in [2.45, 2.75) is 37.5 Å². The van der Waals surface area contributed by atoms with Crippen molar-refractivity contribution in [3.63, 3.8) is 0 Å². The molecular formula is C16H16FN3O3. The molecule has 23 heavy (non-hydrogen) atoms. The van der Waals surface area contributed by atoms with Crippen LogP contribution in [-0.2, 0) is 4.74 Å². The summed E-state index contributed by atoms with van der Waals surface area (Å²) in [5.41, 5.74) is 0.515. The summed E-state index contributed by atoms with van der Waals surface area (Å²) in [7, 11) is 0. The van der Waals surface area contributed by atoms with E-state index >= 15 is 0 Å². The second-order valence-corrected chi connectivity index (χ2v) is 5.97. The van der Waals surface area contributed by atoms with E-state index in [0.717, 1.165) is 19.3 Å². The van der Waals surface area contributed by atoms with E-state index in [1.165, 1.54) is 35.1 Å². The summed E-state index contributed by atoms with van der Waals surface area (Å²) in [5.74, 6) is -1.00. The highest BCUT2D eigenvalue weighted by molar-refractivity contribution is 5.95. The summed E-state index contributed by atoms with van der Waals surface area (Å²) in [5, 5.41) is 17.0. The number of fused-ring (bicyclic) bond motifs is 2. The lowest BCUT2D eigenvalue weighted by Gasteiger charge is -2.19. The molecule has 4 rings (SSSR count). The first kappa shape index (κ1) is 14.2. The Morgan fingerprint density at radius 1 is 1.35 bits per heavy atom. The van der Waals surface area contributed by atoms with Gasteiger partial charge in [0.1, 0.15) is 5.82 Å². The maximum atomic E-state index is 13.0. The quantitative estimate of drug-likeness (QED) is 0.904. The molecule has 2 N–H and O–H groups in total. The van der Waals surface area contributed by atoms with Crippen LogP contribution in [-0.4, -0.2) is 39.0 Å². The third-order valence-corrected chi connectivity index (χ3v) is 4.42. The molecule has 2 fully saturated rings. The molecule has 2 aliphatic heterocycles. The zero-order valence-corrected chi connectivity index (χ0v) is 12.3. The van der Waals surface area contributed by atoms with Crippen molar-refractivity contribution in [1.29, 1.82) is 0 Å². The van der Waals surface area contributed by atoms with E-state index in [1.807, 2.05) is 0 Å². The SMILES string of the molecule is O=C(N[C@@H]1C[C@H]2CC[C@@H]1O2)c1nn(-c2ccc(F)cc2)cc1O. The normalized spacial score (nSPS) is 25.7. The number of benzene rings is 1. The highest BCUT2D eigenvalue weighted by Gasteiger charge is 2.41. The first-order valence-corrected chi connectivity index (χ1v) is 7.61. The van der Waals surface area contributed by atoms with Crippen LogP contribution in [0.2, 0.25) is 0 Å². The van der Waals surface area contributed by atoms with Crippen LogP contribution in [0.25, 0.3) is 5.69 Å². The molecule has 0 radical (unpaired) electrons. The first-order valence-electron chi connectivity index (χ1n) is 7.61. The Kier molecular flexibility index (Phi) is 3.30. The standard InChI is InChI=1S/C16H16FN3O3/c17-9-1-3-10(4-2-9)20-8-13(21)15(19-20)16(22)18-12-7-11-5-6-14(12)23-11/h1-4,8,11-12,14,21H,5-7H2,(H,18,22)/t11-,12-,14+/m1/s1. The van der Waals surface area contributed by atoms with Gasteiger partial charge >= 0.3 is 0 Å². The van der Waals surface area contributed by atoms with E-state index in [4.69, 9.17) is 4.74 Å². The average molecular weight is 317 g/mol. The predicted molar refractivity (Wildman–Crippen MR) is 79.0 cm³/mol. The van der Waals surface area contributed by atoms with Crippen molar-refractivity contribution >= 4 is 5.91 Å². The van der Waals surface area contributed by atoms with Gasteiger partial charge in [-0.2, -0.15) is 5.10 Å². The fourth-order valence-corrected chi connectivity index (χ4v) is 3.28. The largest absolute Gasteiger partial charge is 0.504 e. The number of nitrogens with one attached hydrogen (secondary N) is 1. The number of hydrogen-bond donors (Lipinski definition) is 2. The Balaban J connectivity index is 1.52. The number of halogens is 1. The lowest BCUT2D eigenvalue weighted by molar-refractivity contribution is 0.0835. The lowest BCUT2D eigenvalue weighted by atomic mass is 9.95. The number of carbonyl (C=O) groups excluding carboxylic acids is 1. The van der Waals surface area contributed by atoms with E-state index in [-0.39, 0.29) is 35.5 Å². The Morgan fingerprint density at radius 2 is 2.13 bits per heavy atom. The number of nitrogens with zero attached hydrogens (tertiary/aromatic N) is 2. The van der Waals surface area contributed by atoms with Gasteiger partial charge in [-0.05, 0) is 43.5 Å². The molecule has 7 heteroatoms. The Bertz CT molecular complexity index is 744. The summed E-state index contributed by atoms with van der Waals surface area (Å²) in [6.45, 7) is 0. The molecule has 2 bridgehead atoms. The monoisotopic (exact) mass is 317 g/mol. The summed E-state index contributed by atoms with van der Waals surface area (Å²) >= 11 is 0. The second-order valence-electron chi connectivity index (χ2n) is 5.97. The number of hydrogen-bond acceptors (Lipinski definition) is 4. The molecule has 0 spiro atoms. The summed E-state index contributed by atoms with van der Waals surface area (Å²) in [4.78, 5) is 12.3. The number of amides is 1. The molecule has 0 saturated carbocycles. The average Bonchev–Trinajstić information content (AvgIpc) is 3.23. The zero-order valence-electron chi connectivity index (χ0n) is 12.3. The highest BCUT2D eigenvalue weighted by Crippen LogP contribution is 2.34. The molecule has 120 valence electrons. The van der Waals surface area contributed by atoms with Crippen molar-refractivity contribution in [2.24, 2.45) is 0 Å². The van der Waals surface area contributed by atoms with Crippen LogP contribution in [0.3, 0.4) is 0 Å². The molecule has 6 nitrogen and oxygen atoms in total. The summed E-state index contributed by atoms with van der Waals surface area (Å²) < 4.78 is 20.0. The van der Waals surface area contributed by atoms with Gasteiger partial charge in [0.25, 0.3) is 5.91 Å². The number of ether oxygens (including phenoxy) is 1. The molecule has 3 heterocycles. The van der Waals surface area contributed by atoms with Crippen molar-refractivity contribution in [3.05, 3.63) is 42.0 Å². The van der Waals surface area contributed by atoms with E-state index < -0.39 is 5.91 Å². The maximum Gasteiger partial charge on any atom is 0.275 e. The van der Waals surface area contributed by atoms with Crippen molar-refractivity contribution < 1.29 is 19.0 Å². The molecular weight excluding hydrogens is 301 g/mol. The molecule has 0 aliphatic carbocycles. The van der Waals surface area contributed by atoms with Crippen molar-refractivity contribution in [1.82, 2.24) is 15.1 Å². The smallest absolute Gasteiger partial charge is 0.275 e. The van der Waals surface area contributed by atoms with Gasteiger partial charge in [-0.1, -0.05) is 0 Å². The molecule has 0 unspecified atom stereocenters. The fourth-order valence-electron chi connectivity index (χ4n) is 3.28. The highest BCUT2D eigenvalue weighted by atomic mass is 19.1. The van der Waals surface area contributed by atoms with Crippen LogP contribution in [0.4, 0.5) is 4.39 Å². The number of rotatable bonds is 3. The van der Waals surface area contributed by atoms with Gasteiger partial charge in [-0.25, -0.2) is 9.07 Å². The van der Waals surface area contributed by atoms with Crippen molar-refractivity contribution in [3.8, 4) is 11.4 Å². The van der Waals surface area contributed by atoms with Gasteiger partial charge in [-0.15, -0.1) is 0 Å². The molecule has 2 aliphatic rings. The maximum absolute atomic E-state index is 13.0. The van der Waals surface area contributed by atoms with Crippen LogP contribution >= 0.6 is 0 Å². The summed E-state index contributed by atoms with van der Waals surface area (Å²) in [6, 6.07) is 5.60. The van der Waals surface area contributed by atoms with Gasteiger partial charge in [0.05, 0.1) is 30.1 Å². The van der Waals surface area contributed by atoms with E-state index in [1.54, 1.807) is 0 Å². The van der Waals surface area contributed by atoms with Crippen LogP contribution in [0.15, 0.2) is 30.5 Å². The minimum absolute atomic E-state index is 0.0309. The van der Waals surface area contributed by atoms with Crippen LogP contribution in [0, 0.1) is 5.82 Å². The van der Waals surface area contributed by atoms with Crippen molar-refractivity contribution in [2.75, 3.05) is 0 Å². The molecule has 2 aromatic rings. The molecule has 2 saturated heterocycles. The lowest BCUT2D eigenvalue weighted by Crippen LogP contribution is -2.41. The number of carbonyl (C=O) groups is 1. The Hall–Kier alpha value is -2.41. The first-order chi connectivity index (χ1) is 11.1. The topological polar surface area (TPSA) is 76.4 Å². The minimum Gasteiger partial charge on any atom is -0.504 e. The number of aromatic hydroxyl groups is 1. The van der Waals surface area contributed by atoms with Gasteiger partial charge in [0.2, 0.25) is 0 Å². The second kappa shape index (κ2) is 5.34. The Morgan fingerprint density at radius 3 is 2.78 bits per heavy atom. The van der Waals surface area contributed by atoms with Gasteiger partial charge in [0.15, 0.2) is 11.4 Å². The molecule has 1 aromatic heterocycles. The van der Waals surface area contributed by atoms with E-state index in [2.05, 4.69) is 10.4 Å². The predicted octanol–water partition coefficient (Wildman–Crippen LogP) is 1.77. The third kappa shape index (κ3) is 2.57. The van der Waals surface area contributed by atoms with Crippen LogP contribution in [0.1, 0.15) is 29.8 Å². The van der Waals surface area contributed by atoms with Gasteiger partial charge in [0, 0.05) is 0 Å². The van der Waals surface area contributed by atoms with E-state index in [9.17, 15) is 14.3 Å².